The Balaban J connectivity index is 1.42. The summed E-state index contributed by atoms with van der Waals surface area (Å²) >= 11 is 0. The Morgan fingerprint density at radius 3 is 2.08 bits per heavy atom. The number of aliphatic carboxylic acids is 1. The maximum atomic E-state index is 13.1. The van der Waals surface area contributed by atoms with Crippen LogP contribution in [0.4, 0.5) is 4.39 Å². The molecule has 2 aliphatic carbocycles. The normalized spacial score (nSPS) is 30.4. The van der Waals surface area contributed by atoms with Crippen molar-refractivity contribution in [2.75, 3.05) is 0 Å². The smallest absolute Gasteiger partial charge is 0.327 e. The van der Waals surface area contributed by atoms with Gasteiger partial charge < -0.3 is 5.11 Å². The molecule has 3 rings (SSSR count). The molecule has 1 aromatic carbocycles. The molecule has 1 N–H and O–H groups in total. The highest BCUT2D eigenvalue weighted by Gasteiger charge is 2.31. The van der Waals surface area contributed by atoms with Crippen LogP contribution >= 0.6 is 0 Å². The lowest BCUT2D eigenvalue weighted by Gasteiger charge is -2.38. The van der Waals surface area contributed by atoms with Crippen LogP contribution in [-0.2, 0) is 4.79 Å². The molecule has 25 heavy (non-hydrogen) atoms. The van der Waals surface area contributed by atoms with Crippen LogP contribution in [0.15, 0.2) is 36.4 Å². The molecular formula is C22H29FO2. The number of hydrogen-bond donors (Lipinski definition) is 1. The van der Waals surface area contributed by atoms with Crippen molar-refractivity contribution < 1.29 is 14.3 Å². The Labute approximate surface area is 150 Å². The Bertz CT molecular complexity index is 577. The van der Waals surface area contributed by atoms with Gasteiger partial charge in [-0.15, -0.1) is 0 Å². The number of carboxylic acid groups (broad SMARTS) is 1. The van der Waals surface area contributed by atoms with Gasteiger partial charge in [0, 0.05) is 6.08 Å². The molecule has 0 aliphatic heterocycles. The molecule has 0 unspecified atom stereocenters. The van der Waals surface area contributed by atoms with Gasteiger partial charge in [-0.1, -0.05) is 18.2 Å². The van der Waals surface area contributed by atoms with Gasteiger partial charge >= 0.3 is 5.97 Å². The minimum absolute atomic E-state index is 0.146. The summed E-state index contributed by atoms with van der Waals surface area (Å²) in [5.41, 5.74) is 1.30. The van der Waals surface area contributed by atoms with Crippen molar-refractivity contribution in [3.8, 4) is 0 Å². The second-order valence-electron chi connectivity index (χ2n) is 7.92. The molecular weight excluding hydrogens is 315 g/mol. The molecule has 2 fully saturated rings. The van der Waals surface area contributed by atoms with E-state index in [1.54, 1.807) is 12.1 Å². The van der Waals surface area contributed by atoms with Crippen LogP contribution in [-0.4, -0.2) is 11.1 Å². The van der Waals surface area contributed by atoms with Crippen molar-refractivity contribution in [1.29, 1.82) is 0 Å². The second kappa shape index (κ2) is 8.64. The van der Waals surface area contributed by atoms with Crippen LogP contribution in [0.3, 0.4) is 0 Å². The third kappa shape index (κ3) is 5.17. The summed E-state index contributed by atoms with van der Waals surface area (Å²) in [6.07, 6.45) is 14.2. The molecule has 0 radical (unpaired) electrons. The predicted octanol–water partition coefficient (Wildman–Crippen LogP) is 5.94. The molecule has 2 nitrogen and oxygen atoms in total. The largest absolute Gasteiger partial charge is 0.478 e. The molecule has 0 amide bonds. The van der Waals surface area contributed by atoms with Gasteiger partial charge in [0.2, 0.25) is 0 Å². The van der Waals surface area contributed by atoms with Crippen LogP contribution in [0.5, 0.6) is 0 Å². The summed E-state index contributed by atoms with van der Waals surface area (Å²) in [7, 11) is 0. The molecule has 0 saturated heterocycles. The van der Waals surface area contributed by atoms with Crippen LogP contribution in [0, 0.1) is 23.6 Å². The van der Waals surface area contributed by atoms with Crippen molar-refractivity contribution in [3.05, 3.63) is 47.8 Å². The SMILES string of the molecule is O=C(O)/C=C/CC1CCC(C2CCC(c3ccc(F)cc3)CC2)CC1. The Hall–Kier alpha value is -1.64. The lowest BCUT2D eigenvalue weighted by Crippen LogP contribution is -2.25. The summed E-state index contributed by atoms with van der Waals surface area (Å²) < 4.78 is 13.1. The van der Waals surface area contributed by atoms with Gasteiger partial charge in [-0.2, -0.15) is 0 Å². The fourth-order valence-corrected chi connectivity index (χ4v) is 4.92. The Morgan fingerprint density at radius 1 is 0.960 bits per heavy atom. The van der Waals surface area contributed by atoms with Gasteiger partial charge in [0.15, 0.2) is 0 Å². The second-order valence-corrected chi connectivity index (χ2v) is 7.92. The standard InChI is InChI=1S/C22H29FO2/c23-21-14-12-20(13-15-21)19-10-8-18(9-11-19)17-6-4-16(5-7-17)2-1-3-22(24)25/h1,3,12-19H,2,4-11H2,(H,24,25)/b3-1+. The van der Waals surface area contributed by atoms with Crippen molar-refractivity contribution in [1.82, 2.24) is 0 Å². The molecule has 0 aromatic heterocycles. The quantitative estimate of drug-likeness (QED) is 0.671. The molecule has 2 aliphatic rings. The van der Waals surface area contributed by atoms with E-state index in [1.807, 2.05) is 18.2 Å². The van der Waals surface area contributed by atoms with Gasteiger partial charge in [0.25, 0.3) is 0 Å². The summed E-state index contributed by atoms with van der Waals surface area (Å²) in [6, 6.07) is 7.08. The third-order valence-corrected chi connectivity index (χ3v) is 6.40. The van der Waals surface area contributed by atoms with Gasteiger partial charge in [0.05, 0.1) is 0 Å². The van der Waals surface area contributed by atoms with Crippen molar-refractivity contribution in [3.63, 3.8) is 0 Å². The lowest BCUT2D eigenvalue weighted by atomic mass is 9.68. The lowest BCUT2D eigenvalue weighted by molar-refractivity contribution is -0.131. The van der Waals surface area contributed by atoms with Crippen LogP contribution in [0.25, 0.3) is 0 Å². The van der Waals surface area contributed by atoms with Crippen molar-refractivity contribution in [2.24, 2.45) is 17.8 Å². The van der Waals surface area contributed by atoms with Crippen molar-refractivity contribution >= 4 is 5.97 Å². The first kappa shape index (κ1) is 18.2. The van der Waals surface area contributed by atoms with Crippen LogP contribution < -0.4 is 0 Å². The predicted molar refractivity (Wildman–Crippen MR) is 97.9 cm³/mol. The highest BCUT2D eigenvalue weighted by molar-refractivity contribution is 5.79. The maximum Gasteiger partial charge on any atom is 0.327 e. The Morgan fingerprint density at radius 2 is 1.52 bits per heavy atom. The number of rotatable bonds is 5. The molecule has 0 bridgehead atoms. The zero-order chi connectivity index (χ0) is 17.6. The molecule has 0 heterocycles. The number of halogens is 1. The van der Waals surface area contributed by atoms with Gasteiger partial charge in [-0.05, 0) is 99.2 Å². The van der Waals surface area contributed by atoms with Crippen LogP contribution in [0.1, 0.15) is 69.3 Å². The van der Waals surface area contributed by atoms with E-state index >= 15 is 0 Å². The molecule has 3 heteroatoms. The number of hydrogen-bond acceptors (Lipinski definition) is 1. The molecule has 2 saturated carbocycles. The topological polar surface area (TPSA) is 37.3 Å². The number of carboxylic acids is 1. The highest BCUT2D eigenvalue weighted by Crippen LogP contribution is 2.44. The fourth-order valence-electron chi connectivity index (χ4n) is 4.92. The van der Waals surface area contributed by atoms with Gasteiger partial charge in [0.1, 0.15) is 5.82 Å². The minimum Gasteiger partial charge on any atom is -0.478 e. The van der Waals surface area contributed by atoms with E-state index in [2.05, 4.69) is 0 Å². The van der Waals surface area contributed by atoms with Gasteiger partial charge in [-0.3, -0.25) is 0 Å². The van der Waals surface area contributed by atoms with E-state index in [1.165, 1.54) is 63.0 Å². The molecule has 0 atom stereocenters. The molecule has 136 valence electrons. The van der Waals surface area contributed by atoms with Crippen molar-refractivity contribution in [2.45, 2.75) is 63.7 Å². The molecule has 0 spiro atoms. The monoisotopic (exact) mass is 344 g/mol. The first-order valence-electron chi connectivity index (χ1n) is 9.76. The average Bonchev–Trinajstić information content (AvgIpc) is 2.63. The fraction of sp³-hybridized carbons (Fsp3) is 0.591. The van der Waals surface area contributed by atoms with E-state index in [4.69, 9.17) is 5.11 Å². The maximum absolute atomic E-state index is 13.1. The van der Waals surface area contributed by atoms with E-state index in [0.717, 1.165) is 18.3 Å². The van der Waals surface area contributed by atoms with Gasteiger partial charge in [-0.25, -0.2) is 9.18 Å². The zero-order valence-electron chi connectivity index (χ0n) is 14.9. The summed E-state index contributed by atoms with van der Waals surface area (Å²) in [6.45, 7) is 0. The van der Waals surface area contributed by atoms with E-state index in [0.29, 0.717) is 11.8 Å². The number of benzene rings is 1. The minimum atomic E-state index is -0.841. The number of allylic oxidation sites excluding steroid dienone is 1. The Kier molecular flexibility index (Phi) is 6.28. The highest BCUT2D eigenvalue weighted by atomic mass is 19.1. The average molecular weight is 344 g/mol. The first-order valence-corrected chi connectivity index (χ1v) is 9.76. The van der Waals surface area contributed by atoms with E-state index in [-0.39, 0.29) is 5.82 Å². The first-order chi connectivity index (χ1) is 12.1. The van der Waals surface area contributed by atoms with E-state index < -0.39 is 5.97 Å². The summed E-state index contributed by atoms with van der Waals surface area (Å²) in [4.78, 5) is 10.5. The number of carbonyl (C=O) groups is 1. The zero-order valence-corrected chi connectivity index (χ0v) is 14.9. The van der Waals surface area contributed by atoms with E-state index in [9.17, 15) is 9.18 Å². The third-order valence-electron chi connectivity index (χ3n) is 6.40. The summed E-state index contributed by atoms with van der Waals surface area (Å²) in [5, 5.41) is 8.67. The summed E-state index contributed by atoms with van der Waals surface area (Å²) in [5.74, 6) is 2.00. The molecule has 1 aromatic rings. The van der Waals surface area contributed by atoms with Crippen LogP contribution in [0.2, 0.25) is 0 Å².